The fraction of sp³-hybridized carbons (Fsp3) is 0.125. The topological polar surface area (TPSA) is 35.2 Å². The van der Waals surface area contributed by atoms with Crippen LogP contribution in [-0.2, 0) is 13.2 Å². The van der Waals surface area contributed by atoms with Gasteiger partial charge in [-0.15, -0.1) is 0 Å². The second kappa shape index (κ2) is 6.03. The van der Waals surface area contributed by atoms with Gasteiger partial charge in [-0.3, -0.25) is 0 Å². The Hall–Kier alpha value is -2.06. The van der Waals surface area contributed by atoms with Crippen molar-refractivity contribution in [1.29, 1.82) is 0 Å². The average Bonchev–Trinajstić information content (AvgIpc) is 2.45. The van der Waals surface area contributed by atoms with Crippen molar-refractivity contribution >= 4 is 6.08 Å². The second-order valence-electron chi connectivity index (χ2n) is 4.00. The van der Waals surface area contributed by atoms with E-state index in [1.54, 1.807) is 0 Å². The van der Waals surface area contributed by atoms with Gasteiger partial charge in [0.2, 0.25) is 0 Å². The molecule has 92 valence electrons. The van der Waals surface area contributed by atoms with Crippen molar-refractivity contribution in [1.82, 2.24) is 0 Å². The lowest BCUT2D eigenvalue weighted by Crippen LogP contribution is -2.03. The SMILES string of the molecule is C=Cc1ccccc1COc1ccccc1CN. The number of nitrogens with two attached hydrogens (primary N) is 1. The first-order valence-corrected chi connectivity index (χ1v) is 5.96. The van der Waals surface area contributed by atoms with Crippen molar-refractivity contribution in [2.75, 3.05) is 0 Å². The molecule has 0 saturated heterocycles. The van der Waals surface area contributed by atoms with Crippen LogP contribution in [0.3, 0.4) is 0 Å². The van der Waals surface area contributed by atoms with E-state index < -0.39 is 0 Å². The molecule has 18 heavy (non-hydrogen) atoms. The summed E-state index contributed by atoms with van der Waals surface area (Å²) in [5.74, 6) is 0.846. The van der Waals surface area contributed by atoms with Crippen LogP contribution in [0.1, 0.15) is 16.7 Å². The Bertz CT molecular complexity index is 534. The highest BCUT2D eigenvalue weighted by molar-refractivity contribution is 5.51. The zero-order valence-corrected chi connectivity index (χ0v) is 10.3. The van der Waals surface area contributed by atoms with Crippen LogP contribution in [0.4, 0.5) is 0 Å². The molecule has 2 aromatic rings. The van der Waals surface area contributed by atoms with Crippen molar-refractivity contribution in [3.05, 3.63) is 71.8 Å². The fourth-order valence-corrected chi connectivity index (χ4v) is 1.83. The molecule has 2 rings (SSSR count). The van der Waals surface area contributed by atoms with E-state index in [0.29, 0.717) is 13.2 Å². The molecule has 0 aliphatic heterocycles. The quantitative estimate of drug-likeness (QED) is 0.868. The molecule has 0 fully saturated rings. The third-order valence-corrected chi connectivity index (χ3v) is 2.85. The summed E-state index contributed by atoms with van der Waals surface area (Å²) < 4.78 is 5.83. The van der Waals surface area contributed by atoms with E-state index in [0.717, 1.165) is 22.4 Å². The molecule has 0 amide bonds. The summed E-state index contributed by atoms with van der Waals surface area (Å²) in [4.78, 5) is 0. The molecule has 2 nitrogen and oxygen atoms in total. The molecule has 0 aromatic heterocycles. The standard InChI is InChI=1S/C16H17NO/c1-2-13-7-3-4-9-15(13)12-18-16-10-6-5-8-14(16)11-17/h2-10H,1,11-12,17H2. The molecule has 0 aliphatic carbocycles. The third-order valence-electron chi connectivity index (χ3n) is 2.85. The summed E-state index contributed by atoms with van der Waals surface area (Å²) in [7, 11) is 0. The van der Waals surface area contributed by atoms with Crippen molar-refractivity contribution in [3.8, 4) is 5.75 Å². The molecule has 0 radical (unpaired) electrons. The molecular formula is C16H17NO. The van der Waals surface area contributed by atoms with Crippen LogP contribution in [0.15, 0.2) is 55.1 Å². The first-order valence-electron chi connectivity index (χ1n) is 5.96. The number of hydrogen-bond acceptors (Lipinski definition) is 2. The van der Waals surface area contributed by atoms with Crippen LogP contribution in [0, 0.1) is 0 Å². The van der Waals surface area contributed by atoms with Gasteiger partial charge in [0.25, 0.3) is 0 Å². The van der Waals surface area contributed by atoms with Gasteiger partial charge in [0.05, 0.1) is 0 Å². The Morgan fingerprint density at radius 2 is 1.67 bits per heavy atom. The average molecular weight is 239 g/mol. The molecular weight excluding hydrogens is 222 g/mol. The molecule has 0 spiro atoms. The number of ether oxygens (including phenoxy) is 1. The molecule has 2 N–H and O–H groups in total. The monoisotopic (exact) mass is 239 g/mol. The highest BCUT2D eigenvalue weighted by Gasteiger charge is 2.03. The van der Waals surface area contributed by atoms with E-state index in [-0.39, 0.29) is 0 Å². The summed E-state index contributed by atoms with van der Waals surface area (Å²) >= 11 is 0. The Morgan fingerprint density at radius 1 is 1.00 bits per heavy atom. The molecule has 0 heterocycles. The molecule has 0 aliphatic rings. The Morgan fingerprint density at radius 3 is 2.39 bits per heavy atom. The predicted molar refractivity (Wildman–Crippen MR) is 75.2 cm³/mol. The van der Waals surface area contributed by atoms with E-state index >= 15 is 0 Å². The minimum absolute atomic E-state index is 0.485. The minimum Gasteiger partial charge on any atom is -0.489 e. The van der Waals surface area contributed by atoms with E-state index in [1.165, 1.54) is 0 Å². The van der Waals surface area contributed by atoms with Crippen molar-refractivity contribution in [3.63, 3.8) is 0 Å². The van der Waals surface area contributed by atoms with Crippen LogP contribution in [0.2, 0.25) is 0 Å². The molecule has 0 saturated carbocycles. The highest BCUT2D eigenvalue weighted by Crippen LogP contribution is 2.20. The number of benzene rings is 2. The van der Waals surface area contributed by atoms with Gasteiger partial charge in [0, 0.05) is 12.1 Å². The Kier molecular flexibility index (Phi) is 4.15. The van der Waals surface area contributed by atoms with Gasteiger partial charge >= 0.3 is 0 Å². The number of para-hydroxylation sites is 1. The summed E-state index contributed by atoms with van der Waals surface area (Å²) in [5, 5.41) is 0. The Balaban J connectivity index is 2.14. The summed E-state index contributed by atoms with van der Waals surface area (Å²) in [6, 6.07) is 15.9. The van der Waals surface area contributed by atoms with E-state index in [4.69, 9.17) is 10.5 Å². The van der Waals surface area contributed by atoms with Crippen LogP contribution in [0.25, 0.3) is 6.08 Å². The predicted octanol–water partition coefficient (Wildman–Crippen LogP) is 3.37. The minimum atomic E-state index is 0.485. The van der Waals surface area contributed by atoms with Gasteiger partial charge in [-0.1, -0.05) is 55.1 Å². The van der Waals surface area contributed by atoms with Gasteiger partial charge in [0.15, 0.2) is 0 Å². The van der Waals surface area contributed by atoms with Crippen molar-refractivity contribution in [2.45, 2.75) is 13.2 Å². The van der Waals surface area contributed by atoms with Crippen LogP contribution in [-0.4, -0.2) is 0 Å². The lowest BCUT2D eigenvalue weighted by atomic mass is 10.1. The van der Waals surface area contributed by atoms with Gasteiger partial charge in [-0.05, 0) is 17.2 Å². The number of hydrogen-bond donors (Lipinski definition) is 1. The zero-order valence-electron chi connectivity index (χ0n) is 10.3. The summed E-state index contributed by atoms with van der Waals surface area (Å²) in [6.07, 6.45) is 1.84. The Labute approximate surface area is 108 Å². The van der Waals surface area contributed by atoms with Crippen molar-refractivity contribution < 1.29 is 4.74 Å². The molecule has 0 bridgehead atoms. The van der Waals surface area contributed by atoms with Crippen LogP contribution < -0.4 is 10.5 Å². The van der Waals surface area contributed by atoms with E-state index in [1.807, 2.05) is 54.6 Å². The van der Waals surface area contributed by atoms with Gasteiger partial charge in [-0.2, -0.15) is 0 Å². The first-order chi connectivity index (χ1) is 8.85. The number of rotatable bonds is 5. The molecule has 0 atom stereocenters. The lowest BCUT2D eigenvalue weighted by Gasteiger charge is -2.11. The van der Waals surface area contributed by atoms with Crippen molar-refractivity contribution in [2.24, 2.45) is 5.73 Å². The van der Waals surface area contributed by atoms with Gasteiger partial charge in [-0.25, -0.2) is 0 Å². The van der Waals surface area contributed by atoms with Gasteiger partial charge in [0.1, 0.15) is 12.4 Å². The second-order valence-corrected chi connectivity index (χ2v) is 4.00. The normalized spacial score (nSPS) is 10.1. The van der Waals surface area contributed by atoms with Gasteiger partial charge < -0.3 is 10.5 Å². The highest BCUT2D eigenvalue weighted by atomic mass is 16.5. The lowest BCUT2D eigenvalue weighted by molar-refractivity contribution is 0.303. The zero-order chi connectivity index (χ0) is 12.8. The summed E-state index contributed by atoms with van der Waals surface area (Å²) in [6.45, 7) is 4.82. The first kappa shape index (κ1) is 12.4. The van der Waals surface area contributed by atoms with Crippen LogP contribution in [0.5, 0.6) is 5.75 Å². The van der Waals surface area contributed by atoms with E-state index in [2.05, 4.69) is 6.58 Å². The largest absolute Gasteiger partial charge is 0.489 e. The maximum Gasteiger partial charge on any atom is 0.124 e. The fourth-order valence-electron chi connectivity index (χ4n) is 1.83. The van der Waals surface area contributed by atoms with E-state index in [9.17, 15) is 0 Å². The maximum absolute atomic E-state index is 5.83. The summed E-state index contributed by atoms with van der Waals surface area (Å²) in [5.41, 5.74) is 8.93. The van der Waals surface area contributed by atoms with Crippen LogP contribution >= 0.6 is 0 Å². The molecule has 0 unspecified atom stereocenters. The molecule has 2 aromatic carbocycles. The third kappa shape index (κ3) is 2.79. The maximum atomic E-state index is 5.83. The smallest absolute Gasteiger partial charge is 0.124 e. The molecule has 2 heteroatoms.